The van der Waals surface area contributed by atoms with Crippen LogP contribution in [-0.2, 0) is 19.4 Å². The van der Waals surface area contributed by atoms with Gasteiger partial charge in [0.25, 0.3) is 0 Å². The molecule has 0 bridgehead atoms. The first-order chi connectivity index (χ1) is 14.3. The van der Waals surface area contributed by atoms with Crippen LogP contribution in [0.5, 0.6) is 0 Å². The normalized spacial score (nSPS) is 17.9. The van der Waals surface area contributed by atoms with E-state index in [0.29, 0.717) is 30.0 Å². The van der Waals surface area contributed by atoms with Crippen LogP contribution >= 0.6 is 0 Å². The number of halogens is 1. The van der Waals surface area contributed by atoms with E-state index >= 15 is 0 Å². The van der Waals surface area contributed by atoms with E-state index < -0.39 is 33.5 Å². The Balaban J connectivity index is 1.58. The Morgan fingerprint density at radius 1 is 1.27 bits per heavy atom. The number of nitrogens with zero attached hydrogens (tertiary/aromatic N) is 1. The number of carbonyl (C=O) groups excluding carboxylic acids is 2. The molecule has 1 unspecified atom stereocenters. The second-order valence-corrected chi connectivity index (χ2v) is 9.26. The topological polar surface area (TPSA) is 96.7 Å². The van der Waals surface area contributed by atoms with Crippen molar-refractivity contribution in [2.24, 2.45) is 0 Å². The quantitative estimate of drug-likeness (QED) is 0.675. The van der Waals surface area contributed by atoms with E-state index in [0.717, 1.165) is 0 Å². The number of likely N-dealkylation sites (N-methyl/N-ethyl adjacent to an activating group) is 1. The number of sulfone groups is 1. The predicted octanol–water partition coefficient (Wildman–Crippen LogP) is 2.25. The monoisotopic (exact) mass is 434 g/mol. The molecule has 1 aromatic heterocycles. The van der Waals surface area contributed by atoms with Gasteiger partial charge < -0.3 is 14.6 Å². The van der Waals surface area contributed by atoms with E-state index in [1.54, 1.807) is 37.3 Å². The van der Waals surface area contributed by atoms with Crippen molar-refractivity contribution >= 4 is 27.7 Å². The first kappa shape index (κ1) is 21.8. The first-order valence-corrected chi connectivity index (χ1v) is 11.4. The zero-order valence-corrected chi connectivity index (χ0v) is 17.3. The molecule has 1 aliphatic rings. The van der Waals surface area contributed by atoms with E-state index in [1.165, 1.54) is 23.1 Å². The molecule has 160 valence electrons. The van der Waals surface area contributed by atoms with Crippen molar-refractivity contribution in [1.82, 2.24) is 10.2 Å². The first-order valence-electron chi connectivity index (χ1n) is 9.59. The van der Waals surface area contributed by atoms with Gasteiger partial charge in [-0.2, -0.15) is 0 Å². The summed E-state index contributed by atoms with van der Waals surface area (Å²) in [7, 11) is -3.09. The molecular weight excluding hydrogens is 411 g/mol. The molecule has 30 heavy (non-hydrogen) atoms. The van der Waals surface area contributed by atoms with Crippen LogP contribution in [-0.4, -0.2) is 55.8 Å². The molecule has 2 aromatic rings. The number of carbonyl (C=O) groups is 2. The van der Waals surface area contributed by atoms with Crippen LogP contribution in [0.1, 0.15) is 19.1 Å². The summed E-state index contributed by atoms with van der Waals surface area (Å²) in [5.74, 6) is -0.485. The van der Waals surface area contributed by atoms with E-state index in [9.17, 15) is 22.4 Å². The van der Waals surface area contributed by atoms with Crippen LogP contribution in [0.3, 0.4) is 0 Å². The number of hydrogen-bond donors (Lipinski definition) is 1. The molecule has 1 aromatic carbocycles. The maximum atomic E-state index is 13.8. The van der Waals surface area contributed by atoms with E-state index in [2.05, 4.69) is 5.32 Å². The molecule has 1 aliphatic heterocycles. The third-order valence-corrected chi connectivity index (χ3v) is 6.55. The summed E-state index contributed by atoms with van der Waals surface area (Å²) in [6.45, 7) is 1.87. The Labute approximate surface area is 174 Å². The highest BCUT2D eigenvalue weighted by molar-refractivity contribution is 7.91. The van der Waals surface area contributed by atoms with Gasteiger partial charge in [-0.15, -0.1) is 0 Å². The zero-order valence-electron chi connectivity index (χ0n) is 16.5. The number of amides is 2. The lowest BCUT2D eigenvalue weighted by molar-refractivity contribution is -0.132. The van der Waals surface area contributed by atoms with Gasteiger partial charge in [-0.25, -0.2) is 12.8 Å². The standard InChI is InChI=1S/C21H23FN2O5S/c1-2-24(13-20(25)23-15-11-12-30(27,28)14-15)21(26)10-8-16-7-9-19(29-16)17-5-3-4-6-18(17)22/h3-10,15H,2,11-14H2,1H3,(H,23,25). The molecule has 0 radical (unpaired) electrons. The molecule has 7 nitrogen and oxygen atoms in total. The number of rotatable bonds is 7. The van der Waals surface area contributed by atoms with Crippen molar-refractivity contribution < 1.29 is 26.8 Å². The van der Waals surface area contributed by atoms with Gasteiger partial charge in [-0.1, -0.05) is 12.1 Å². The third kappa shape index (κ3) is 5.56. The van der Waals surface area contributed by atoms with Gasteiger partial charge in [0.15, 0.2) is 9.84 Å². The minimum atomic E-state index is -3.09. The molecule has 1 N–H and O–H groups in total. The van der Waals surface area contributed by atoms with Crippen molar-refractivity contribution in [2.45, 2.75) is 19.4 Å². The molecule has 0 spiro atoms. The fourth-order valence-electron chi connectivity index (χ4n) is 3.21. The smallest absolute Gasteiger partial charge is 0.247 e. The minimum Gasteiger partial charge on any atom is -0.457 e. The lowest BCUT2D eigenvalue weighted by atomic mass is 10.1. The predicted molar refractivity (Wildman–Crippen MR) is 111 cm³/mol. The molecular formula is C21H23FN2O5S. The van der Waals surface area contributed by atoms with Crippen LogP contribution < -0.4 is 5.32 Å². The molecule has 1 fully saturated rings. The van der Waals surface area contributed by atoms with E-state index in [4.69, 9.17) is 4.42 Å². The molecule has 0 saturated carbocycles. The van der Waals surface area contributed by atoms with Crippen molar-refractivity contribution in [2.75, 3.05) is 24.6 Å². The highest BCUT2D eigenvalue weighted by atomic mass is 32.2. The highest BCUT2D eigenvalue weighted by Crippen LogP contribution is 2.25. The summed E-state index contributed by atoms with van der Waals surface area (Å²) < 4.78 is 42.4. The molecule has 2 amide bonds. The summed E-state index contributed by atoms with van der Waals surface area (Å²) in [5, 5.41) is 2.66. The maximum absolute atomic E-state index is 13.8. The molecule has 1 saturated heterocycles. The third-order valence-electron chi connectivity index (χ3n) is 4.78. The summed E-state index contributed by atoms with van der Waals surface area (Å²) in [4.78, 5) is 25.9. The highest BCUT2D eigenvalue weighted by Gasteiger charge is 2.29. The summed E-state index contributed by atoms with van der Waals surface area (Å²) in [6.07, 6.45) is 3.12. The number of nitrogens with one attached hydrogen (secondary N) is 1. The molecule has 9 heteroatoms. The maximum Gasteiger partial charge on any atom is 0.247 e. The van der Waals surface area contributed by atoms with Crippen LogP contribution in [0, 0.1) is 5.82 Å². The van der Waals surface area contributed by atoms with Gasteiger partial charge in [0.1, 0.15) is 17.3 Å². The Bertz CT molecular complexity index is 1060. The zero-order chi connectivity index (χ0) is 21.7. The van der Waals surface area contributed by atoms with E-state index in [-0.39, 0.29) is 18.1 Å². The van der Waals surface area contributed by atoms with Crippen LogP contribution in [0.4, 0.5) is 4.39 Å². The molecule has 0 aliphatic carbocycles. The van der Waals surface area contributed by atoms with Crippen molar-refractivity contribution in [3.8, 4) is 11.3 Å². The van der Waals surface area contributed by atoms with Crippen LogP contribution in [0.15, 0.2) is 46.9 Å². The summed E-state index contributed by atoms with van der Waals surface area (Å²) in [6, 6.07) is 9.04. The fraction of sp³-hybridized carbons (Fsp3) is 0.333. The summed E-state index contributed by atoms with van der Waals surface area (Å²) in [5.41, 5.74) is 0.323. The van der Waals surface area contributed by atoms with Gasteiger partial charge in [-0.3, -0.25) is 9.59 Å². The number of hydrogen-bond acceptors (Lipinski definition) is 5. The van der Waals surface area contributed by atoms with Gasteiger partial charge in [0, 0.05) is 18.7 Å². The second kappa shape index (κ2) is 9.25. The van der Waals surface area contributed by atoms with Gasteiger partial charge in [-0.05, 0) is 43.7 Å². The average molecular weight is 434 g/mol. The van der Waals surface area contributed by atoms with Crippen molar-refractivity contribution in [3.05, 3.63) is 54.1 Å². The summed E-state index contributed by atoms with van der Waals surface area (Å²) >= 11 is 0. The van der Waals surface area contributed by atoms with Gasteiger partial charge >= 0.3 is 0 Å². The van der Waals surface area contributed by atoms with Crippen LogP contribution in [0.2, 0.25) is 0 Å². The van der Waals surface area contributed by atoms with E-state index in [1.807, 2.05) is 0 Å². The second-order valence-electron chi connectivity index (χ2n) is 7.04. The SMILES string of the molecule is CCN(CC(=O)NC1CCS(=O)(=O)C1)C(=O)C=Cc1ccc(-c2ccccc2F)o1. The number of furan rings is 1. The lowest BCUT2D eigenvalue weighted by Crippen LogP contribution is -2.44. The van der Waals surface area contributed by atoms with Gasteiger partial charge in [0.05, 0.1) is 23.6 Å². The van der Waals surface area contributed by atoms with Crippen LogP contribution in [0.25, 0.3) is 17.4 Å². The van der Waals surface area contributed by atoms with Gasteiger partial charge in [0.2, 0.25) is 11.8 Å². The van der Waals surface area contributed by atoms with Crippen molar-refractivity contribution in [3.63, 3.8) is 0 Å². The Kier molecular flexibility index (Phi) is 6.71. The Morgan fingerprint density at radius 2 is 2.03 bits per heavy atom. The molecule has 2 heterocycles. The Hall–Kier alpha value is -2.94. The largest absolute Gasteiger partial charge is 0.457 e. The molecule has 3 rings (SSSR count). The minimum absolute atomic E-state index is 0.0646. The average Bonchev–Trinajstić information content (AvgIpc) is 3.30. The number of benzene rings is 1. The Morgan fingerprint density at radius 3 is 2.70 bits per heavy atom. The van der Waals surface area contributed by atoms with Crippen molar-refractivity contribution in [1.29, 1.82) is 0 Å². The lowest BCUT2D eigenvalue weighted by Gasteiger charge is -2.20. The molecule has 1 atom stereocenters. The fourth-order valence-corrected chi connectivity index (χ4v) is 4.88.